The van der Waals surface area contributed by atoms with Crippen molar-refractivity contribution in [3.05, 3.63) is 65.7 Å². The number of para-hydroxylation sites is 1. The van der Waals surface area contributed by atoms with Crippen LogP contribution in [0.4, 0.5) is 13.2 Å². The van der Waals surface area contributed by atoms with Crippen LogP contribution in [0.1, 0.15) is 28.8 Å². The highest BCUT2D eigenvalue weighted by atomic mass is 19.4. The van der Waals surface area contributed by atoms with E-state index >= 15 is 0 Å². The van der Waals surface area contributed by atoms with Crippen molar-refractivity contribution in [1.29, 1.82) is 0 Å². The molecular weight excluding hydrogens is 397 g/mol. The average molecular weight is 420 g/mol. The van der Waals surface area contributed by atoms with E-state index in [0.29, 0.717) is 32.5 Å². The molecule has 1 saturated heterocycles. The van der Waals surface area contributed by atoms with Crippen LogP contribution in [0.25, 0.3) is 0 Å². The Morgan fingerprint density at radius 2 is 1.47 bits per heavy atom. The number of carbonyl (C=O) groups is 2. The summed E-state index contributed by atoms with van der Waals surface area (Å²) in [6, 6.07) is 14.1. The highest BCUT2D eigenvalue weighted by molar-refractivity contribution is 5.96. The number of ether oxygens (including phenoxy) is 1. The summed E-state index contributed by atoms with van der Waals surface area (Å²) in [5.74, 6) is 0.0388. The van der Waals surface area contributed by atoms with Crippen LogP contribution in [0.2, 0.25) is 0 Å². The first-order chi connectivity index (χ1) is 14.4. The summed E-state index contributed by atoms with van der Waals surface area (Å²) >= 11 is 0. The number of piperazine rings is 1. The predicted molar refractivity (Wildman–Crippen MR) is 105 cm³/mol. The van der Waals surface area contributed by atoms with Crippen molar-refractivity contribution in [3.8, 4) is 5.75 Å². The summed E-state index contributed by atoms with van der Waals surface area (Å²) < 4.78 is 45.1. The molecule has 1 heterocycles. The van der Waals surface area contributed by atoms with Crippen LogP contribution in [0.5, 0.6) is 5.75 Å². The molecule has 2 aromatic rings. The number of halogens is 3. The first-order valence-corrected chi connectivity index (χ1v) is 9.77. The van der Waals surface area contributed by atoms with Crippen LogP contribution in [0, 0.1) is 0 Å². The summed E-state index contributed by atoms with van der Waals surface area (Å²) in [5, 5.41) is 0. The molecule has 3 rings (SSSR count). The lowest BCUT2D eigenvalue weighted by molar-refractivity contribution is -0.138. The van der Waals surface area contributed by atoms with Crippen LogP contribution in [-0.4, -0.2) is 54.4 Å². The van der Waals surface area contributed by atoms with Crippen molar-refractivity contribution in [1.82, 2.24) is 9.80 Å². The number of benzene rings is 2. The summed E-state index contributed by atoms with van der Waals surface area (Å²) in [6.07, 6.45) is -3.71. The molecule has 30 heavy (non-hydrogen) atoms. The molecule has 0 saturated carbocycles. The van der Waals surface area contributed by atoms with E-state index in [2.05, 4.69) is 0 Å². The second-order valence-corrected chi connectivity index (χ2v) is 6.98. The molecule has 0 N–H and O–H groups in total. The average Bonchev–Trinajstić information content (AvgIpc) is 2.76. The van der Waals surface area contributed by atoms with Gasteiger partial charge in [0, 0.05) is 32.6 Å². The molecule has 160 valence electrons. The summed E-state index contributed by atoms with van der Waals surface area (Å²) in [6.45, 7) is 1.44. The molecule has 2 aromatic carbocycles. The number of alkyl halides is 3. The van der Waals surface area contributed by atoms with Crippen molar-refractivity contribution >= 4 is 11.8 Å². The Morgan fingerprint density at radius 1 is 0.867 bits per heavy atom. The number of carbonyl (C=O) groups excluding carboxylic acids is 2. The van der Waals surface area contributed by atoms with Gasteiger partial charge in [0.2, 0.25) is 5.91 Å². The van der Waals surface area contributed by atoms with Crippen molar-refractivity contribution in [2.75, 3.05) is 32.8 Å². The van der Waals surface area contributed by atoms with Gasteiger partial charge in [-0.15, -0.1) is 0 Å². The van der Waals surface area contributed by atoms with Crippen LogP contribution < -0.4 is 4.74 Å². The predicted octanol–water partition coefficient (Wildman–Crippen LogP) is 3.85. The first-order valence-electron chi connectivity index (χ1n) is 9.77. The van der Waals surface area contributed by atoms with Gasteiger partial charge >= 0.3 is 6.18 Å². The number of amides is 2. The number of rotatable bonds is 6. The maximum Gasteiger partial charge on any atom is 0.417 e. The van der Waals surface area contributed by atoms with E-state index in [1.165, 1.54) is 23.1 Å². The van der Waals surface area contributed by atoms with Crippen LogP contribution in [0.15, 0.2) is 54.6 Å². The Kier molecular flexibility index (Phi) is 6.97. The second kappa shape index (κ2) is 9.65. The van der Waals surface area contributed by atoms with Crippen molar-refractivity contribution < 1.29 is 27.5 Å². The molecule has 0 spiro atoms. The SMILES string of the molecule is O=C(CCCOc1ccccc1)N1CCN(C(=O)c2ccccc2C(F)(F)F)CC1. The van der Waals surface area contributed by atoms with Gasteiger partial charge in [0.15, 0.2) is 0 Å². The smallest absolute Gasteiger partial charge is 0.417 e. The summed E-state index contributed by atoms with van der Waals surface area (Å²) in [4.78, 5) is 28.0. The van der Waals surface area contributed by atoms with Crippen LogP contribution >= 0.6 is 0 Å². The monoisotopic (exact) mass is 420 g/mol. The van der Waals surface area contributed by atoms with Gasteiger partial charge < -0.3 is 14.5 Å². The molecule has 1 fully saturated rings. The fourth-order valence-corrected chi connectivity index (χ4v) is 3.33. The molecule has 1 aliphatic heterocycles. The Morgan fingerprint density at radius 3 is 2.13 bits per heavy atom. The Labute approximate surface area is 173 Å². The van der Waals surface area contributed by atoms with Crippen molar-refractivity contribution in [2.45, 2.75) is 19.0 Å². The van der Waals surface area contributed by atoms with Gasteiger partial charge in [-0.3, -0.25) is 9.59 Å². The largest absolute Gasteiger partial charge is 0.494 e. The molecule has 2 amide bonds. The molecule has 5 nitrogen and oxygen atoms in total. The number of nitrogens with zero attached hydrogens (tertiary/aromatic N) is 2. The lowest BCUT2D eigenvalue weighted by Crippen LogP contribution is -2.50. The van der Waals surface area contributed by atoms with Gasteiger partial charge in [-0.1, -0.05) is 30.3 Å². The number of hydrogen-bond donors (Lipinski definition) is 0. The number of hydrogen-bond acceptors (Lipinski definition) is 3. The van der Waals surface area contributed by atoms with E-state index in [-0.39, 0.29) is 24.6 Å². The molecule has 1 aliphatic rings. The maximum absolute atomic E-state index is 13.2. The minimum Gasteiger partial charge on any atom is -0.494 e. The minimum absolute atomic E-state index is 0.0468. The molecule has 0 radical (unpaired) electrons. The van der Waals surface area contributed by atoms with Crippen molar-refractivity contribution in [2.24, 2.45) is 0 Å². The minimum atomic E-state index is -4.59. The van der Waals surface area contributed by atoms with Crippen LogP contribution in [-0.2, 0) is 11.0 Å². The van der Waals surface area contributed by atoms with E-state index in [4.69, 9.17) is 4.74 Å². The van der Waals surface area contributed by atoms with E-state index in [9.17, 15) is 22.8 Å². The zero-order chi connectivity index (χ0) is 21.6. The maximum atomic E-state index is 13.2. The summed E-state index contributed by atoms with van der Waals surface area (Å²) in [7, 11) is 0. The Bertz CT molecular complexity index is 863. The standard InChI is InChI=1S/C22H23F3N2O3/c23-22(24,25)19-10-5-4-9-18(19)21(29)27-14-12-26(13-15-27)20(28)11-6-16-30-17-7-2-1-3-8-17/h1-5,7-10H,6,11-16H2. The molecule has 0 atom stereocenters. The fourth-order valence-electron chi connectivity index (χ4n) is 3.33. The molecule has 0 aromatic heterocycles. The highest BCUT2D eigenvalue weighted by Gasteiger charge is 2.36. The first kappa shape index (κ1) is 21.7. The third-order valence-electron chi connectivity index (χ3n) is 4.93. The Balaban J connectivity index is 1.46. The molecule has 0 unspecified atom stereocenters. The summed E-state index contributed by atoms with van der Waals surface area (Å²) in [5.41, 5.74) is -1.30. The highest BCUT2D eigenvalue weighted by Crippen LogP contribution is 2.32. The molecule has 0 bridgehead atoms. The Hall–Kier alpha value is -3.03. The third kappa shape index (κ3) is 5.52. The normalized spacial score (nSPS) is 14.5. The third-order valence-corrected chi connectivity index (χ3v) is 4.93. The van der Waals surface area contributed by atoms with E-state index < -0.39 is 17.6 Å². The van der Waals surface area contributed by atoms with Gasteiger partial charge in [-0.2, -0.15) is 13.2 Å². The van der Waals surface area contributed by atoms with Gasteiger partial charge in [-0.05, 0) is 30.7 Å². The molecule has 0 aliphatic carbocycles. The van der Waals surface area contributed by atoms with Gasteiger partial charge in [0.05, 0.1) is 17.7 Å². The fraction of sp³-hybridized carbons (Fsp3) is 0.364. The van der Waals surface area contributed by atoms with Gasteiger partial charge in [-0.25, -0.2) is 0 Å². The van der Waals surface area contributed by atoms with E-state index in [1.807, 2.05) is 30.3 Å². The van der Waals surface area contributed by atoms with Crippen molar-refractivity contribution in [3.63, 3.8) is 0 Å². The quantitative estimate of drug-likeness (QED) is 0.667. The molecule has 8 heteroatoms. The lowest BCUT2D eigenvalue weighted by atomic mass is 10.1. The van der Waals surface area contributed by atoms with E-state index in [0.717, 1.165) is 11.8 Å². The topological polar surface area (TPSA) is 49.9 Å². The second-order valence-electron chi connectivity index (χ2n) is 6.98. The van der Waals surface area contributed by atoms with Crippen LogP contribution in [0.3, 0.4) is 0 Å². The zero-order valence-electron chi connectivity index (χ0n) is 16.4. The zero-order valence-corrected chi connectivity index (χ0v) is 16.4. The molecular formula is C22H23F3N2O3. The lowest BCUT2D eigenvalue weighted by Gasteiger charge is -2.35. The van der Waals surface area contributed by atoms with Gasteiger partial charge in [0.25, 0.3) is 5.91 Å². The van der Waals surface area contributed by atoms with Gasteiger partial charge in [0.1, 0.15) is 5.75 Å². The van der Waals surface area contributed by atoms with E-state index in [1.54, 1.807) is 4.90 Å².